The summed E-state index contributed by atoms with van der Waals surface area (Å²) in [5, 5.41) is 0. The lowest BCUT2D eigenvalue weighted by atomic mass is 10.1. The number of anilines is 1. The Balaban J connectivity index is 1.84. The Morgan fingerprint density at radius 2 is 1.74 bits per heavy atom. The number of carbonyl (C=O) groups is 2. The molecule has 1 aliphatic heterocycles. The molecule has 2 fully saturated rings. The molecule has 3 rings (SSSR count). The standard InChI is InChI=1S/C18H24N2O3/c1-12-10-20(11-13(2)23-12)18(22)15-6-4-5-7-16(15)19(3)17(21)14-8-9-14/h4-7,12-14H,8-11H2,1-3H3. The number of hydrogen-bond acceptors (Lipinski definition) is 3. The van der Waals surface area contributed by atoms with Gasteiger partial charge in [0.05, 0.1) is 23.5 Å². The molecule has 2 atom stereocenters. The maximum absolute atomic E-state index is 13.0. The topological polar surface area (TPSA) is 49.9 Å². The summed E-state index contributed by atoms with van der Waals surface area (Å²) in [4.78, 5) is 28.8. The molecule has 1 saturated heterocycles. The molecule has 0 N–H and O–H groups in total. The highest BCUT2D eigenvalue weighted by atomic mass is 16.5. The number of nitrogens with zero attached hydrogens (tertiary/aromatic N) is 2. The number of para-hydroxylation sites is 1. The first-order valence-electron chi connectivity index (χ1n) is 8.28. The van der Waals surface area contributed by atoms with Crippen molar-refractivity contribution in [2.45, 2.75) is 38.9 Å². The molecular formula is C18H24N2O3. The fourth-order valence-corrected chi connectivity index (χ4v) is 3.18. The minimum absolute atomic E-state index is 0.0284. The average molecular weight is 316 g/mol. The van der Waals surface area contributed by atoms with Crippen LogP contribution < -0.4 is 4.90 Å². The van der Waals surface area contributed by atoms with E-state index in [4.69, 9.17) is 4.74 Å². The minimum atomic E-state index is -0.0296. The van der Waals surface area contributed by atoms with Crippen LogP contribution in [0.3, 0.4) is 0 Å². The quantitative estimate of drug-likeness (QED) is 0.860. The van der Waals surface area contributed by atoms with E-state index in [2.05, 4.69) is 0 Å². The number of rotatable bonds is 3. The van der Waals surface area contributed by atoms with E-state index in [-0.39, 0.29) is 29.9 Å². The maximum Gasteiger partial charge on any atom is 0.256 e. The van der Waals surface area contributed by atoms with E-state index < -0.39 is 0 Å². The third kappa shape index (κ3) is 3.39. The minimum Gasteiger partial charge on any atom is -0.372 e. The molecule has 1 aliphatic carbocycles. The van der Waals surface area contributed by atoms with Crippen molar-refractivity contribution < 1.29 is 14.3 Å². The average Bonchev–Trinajstić information content (AvgIpc) is 3.36. The van der Waals surface area contributed by atoms with Gasteiger partial charge >= 0.3 is 0 Å². The molecular weight excluding hydrogens is 292 g/mol. The van der Waals surface area contributed by atoms with E-state index in [1.807, 2.05) is 36.9 Å². The van der Waals surface area contributed by atoms with E-state index in [0.717, 1.165) is 12.8 Å². The normalized spacial score (nSPS) is 24.4. The number of hydrogen-bond donors (Lipinski definition) is 0. The summed E-state index contributed by atoms with van der Waals surface area (Å²) in [6, 6.07) is 7.37. The summed E-state index contributed by atoms with van der Waals surface area (Å²) >= 11 is 0. The fraction of sp³-hybridized carbons (Fsp3) is 0.556. The van der Waals surface area contributed by atoms with Crippen molar-refractivity contribution in [2.24, 2.45) is 5.92 Å². The summed E-state index contributed by atoms with van der Waals surface area (Å²) in [5.74, 6) is 0.207. The van der Waals surface area contributed by atoms with E-state index in [9.17, 15) is 9.59 Å². The van der Waals surface area contributed by atoms with Gasteiger partial charge in [-0.3, -0.25) is 9.59 Å². The van der Waals surface area contributed by atoms with Gasteiger partial charge in [0.2, 0.25) is 5.91 Å². The van der Waals surface area contributed by atoms with Crippen molar-refractivity contribution in [2.75, 3.05) is 25.0 Å². The van der Waals surface area contributed by atoms with Crippen LogP contribution in [0, 0.1) is 5.92 Å². The highest BCUT2D eigenvalue weighted by Gasteiger charge is 2.34. The van der Waals surface area contributed by atoms with Crippen molar-refractivity contribution in [1.29, 1.82) is 0 Å². The van der Waals surface area contributed by atoms with Gasteiger partial charge in [0.15, 0.2) is 0 Å². The molecule has 1 aromatic carbocycles. The van der Waals surface area contributed by atoms with E-state index in [0.29, 0.717) is 24.3 Å². The number of benzene rings is 1. The van der Waals surface area contributed by atoms with Crippen molar-refractivity contribution in [3.63, 3.8) is 0 Å². The summed E-state index contributed by atoms with van der Waals surface area (Å²) in [7, 11) is 1.76. The Morgan fingerprint density at radius 1 is 1.13 bits per heavy atom. The van der Waals surface area contributed by atoms with E-state index in [1.54, 1.807) is 18.0 Å². The summed E-state index contributed by atoms with van der Waals surface area (Å²) < 4.78 is 5.70. The Labute approximate surface area is 137 Å². The third-order valence-electron chi connectivity index (χ3n) is 4.46. The lowest BCUT2D eigenvalue weighted by Gasteiger charge is -2.36. The molecule has 1 aromatic rings. The molecule has 1 heterocycles. The van der Waals surface area contributed by atoms with Gasteiger partial charge in [-0.25, -0.2) is 0 Å². The molecule has 5 heteroatoms. The Bertz CT molecular complexity index is 602. The van der Waals surface area contributed by atoms with E-state index in [1.165, 1.54) is 0 Å². The lowest BCUT2D eigenvalue weighted by molar-refractivity contribution is -0.119. The van der Waals surface area contributed by atoms with Gasteiger partial charge in [-0.1, -0.05) is 12.1 Å². The van der Waals surface area contributed by atoms with Gasteiger partial charge in [-0.15, -0.1) is 0 Å². The van der Waals surface area contributed by atoms with Crippen molar-refractivity contribution >= 4 is 17.5 Å². The Kier molecular flexibility index (Phi) is 4.39. The van der Waals surface area contributed by atoms with Crippen LogP contribution in [-0.4, -0.2) is 49.1 Å². The van der Waals surface area contributed by atoms with Crippen molar-refractivity contribution in [3.8, 4) is 0 Å². The lowest BCUT2D eigenvalue weighted by Crippen LogP contribution is -2.48. The smallest absolute Gasteiger partial charge is 0.256 e. The van der Waals surface area contributed by atoms with Crippen LogP contribution in [0.4, 0.5) is 5.69 Å². The second-order valence-electron chi connectivity index (χ2n) is 6.66. The van der Waals surface area contributed by atoms with Gasteiger partial charge in [-0.2, -0.15) is 0 Å². The molecule has 2 amide bonds. The second kappa shape index (κ2) is 6.32. The monoisotopic (exact) mass is 316 g/mol. The Morgan fingerprint density at radius 3 is 2.35 bits per heavy atom. The summed E-state index contributed by atoms with van der Waals surface area (Å²) in [5.41, 5.74) is 1.28. The van der Waals surface area contributed by atoms with Crippen LogP contribution in [0.1, 0.15) is 37.0 Å². The van der Waals surface area contributed by atoms with Crippen molar-refractivity contribution in [1.82, 2.24) is 4.90 Å². The Hall–Kier alpha value is -1.88. The van der Waals surface area contributed by atoms with Crippen LogP contribution in [0.25, 0.3) is 0 Å². The predicted octanol–water partition coefficient (Wildman–Crippen LogP) is 2.31. The fourth-order valence-electron chi connectivity index (χ4n) is 3.18. The SMILES string of the molecule is CC1CN(C(=O)c2ccccc2N(C)C(=O)C2CC2)CC(C)O1. The zero-order chi connectivity index (χ0) is 16.6. The molecule has 0 radical (unpaired) electrons. The second-order valence-corrected chi connectivity index (χ2v) is 6.66. The molecule has 5 nitrogen and oxygen atoms in total. The molecule has 124 valence electrons. The molecule has 0 aromatic heterocycles. The number of amides is 2. The number of morpholine rings is 1. The largest absolute Gasteiger partial charge is 0.372 e. The van der Waals surface area contributed by atoms with Crippen LogP contribution in [-0.2, 0) is 9.53 Å². The summed E-state index contributed by atoms with van der Waals surface area (Å²) in [6.07, 6.45) is 1.97. The number of ether oxygens (including phenoxy) is 1. The van der Waals surface area contributed by atoms with Gasteiger partial charge in [0.25, 0.3) is 5.91 Å². The molecule has 0 spiro atoms. The highest BCUT2D eigenvalue weighted by Crippen LogP contribution is 2.33. The molecule has 2 aliphatic rings. The van der Waals surface area contributed by atoms with Gasteiger partial charge in [-0.05, 0) is 38.8 Å². The van der Waals surface area contributed by atoms with Crippen molar-refractivity contribution in [3.05, 3.63) is 29.8 Å². The van der Waals surface area contributed by atoms with Crippen LogP contribution in [0.15, 0.2) is 24.3 Å². The maximum atomic E-state index is 13.0. The first kappa shape index (κ1) is 16.0. The molecule has 1 saturated carbocycles. The highest BCUT2D eigenvalue weighted by molar-refractivity contribution is 6.05. The van der Waals surface area contributed by atoms with Gasteiger partial charge < -0.3 is 14.5 Å². The van der Waals surface area contributed by atoms with Crippen LogP contribution >= 0.6 is 0 Å². The van der Waals surface area contributed by atoms with Crippen LogP contribution in [0.2, 0.25) is 0 Å². The van der Waals surface area contributed by atoms with Crippen LogP contribution in [0.5, 0.6) is 0 Å². The van der Waals surface area contributed by atoms with Gasteiger partial charge in [0, 0.05) is 26.1 Å². The van der Waals surface area contributed by atoms with E-state index >= 15 is 0 Å². The zero-order valence-electron chi connectivity index (χ0n) is 14.0. The first-order chi connectivity index (χ1) is 11.0. The van der Waals surface area contributed by atoms with Gasteiger partial charge in [0.1, 0.15) is 0 Å². The zero-order valence-corrected chi connectivity index (χ0v) is 14.0. The predicted molar refractivity (Wildman–Crippen MR) is 88.5 cm³/mol. The first-order valence-corrected chi connectivity index (χ1v) is 8.28. The molecule has 2 unspecified atom stereocenters. The number of carbonyl (C=O) groups excluding carboxylic acids is 2. The third-order valence-corrected chi connectivity index (χ3v) is 4.46. The summed E-state index contributed by atoms with van der Waals surface area (Å²) in [6.45, 7) is 5.12. The molecule has 23 heavy (non-hydrogen) atoms. The molecule has 0 bridgehead atoms.